The zero-order chi connectivity index (χ0) is 23.5. The minimum Gasteiger partial charge on any atom is -0.464 e. The van der Waals surface area contributed by atoms with Crippen LogP contribution >= 0.6 is 0 Å². The minimum atomic E-state index is 0.956. The van der Waals surface area contributed by atoms with Crippen LogP contribution < -0.4 is 0 Å². The van der Waals surface area contributed by atoms with Gasteiger partial charge in [0.1, 0.15) is 11.2 Å². The van der Waals surface area contributed by atoms with Crippen LogP contribution in [0.25, 0.3) is 21.9 Å². The van der Waals surface area contributed by atoms with E-state index >= 15 is 0 Å². The highest BCUT2D eigenvalue weighted by Crippen LogP contribution is 2.13. The second-order valence-electron chi connectivity index (χ2n) is 6.88. The fourth-order valence-corrected chi connectivity index (χ4v) is 2.52. The predicted octanol–water partition coefficient (Wildman–Crippen LogP) is 7.42. The van der Waals surface area contributed by atoms with Gasteiger partial charge in [0.2, 0.25) is 0 Å². The number of para-hydroxylation sites is 2. The lowest BCUT2D eigenvalue weighted by Gasteiger charge is -2.12. The molecule has 0 atom stereocenters. The normalized spacial score (nSPS) is 9.61. The van der Waals surface area contributed by atoms with Crippen LogP contribution in [0, 0.1) is 0 Å². The molecule has 0 amide bonds. The molecule has 0 aliphatic rings. The first kappa shape index (κ1) is 28.4. The Hall–Kier alpha value is -2.56. The number of nitrogens with zero attached hydrogens (tertiary/aromatic N) is 2. The monoisotopic (exact) mass is 426 g/mol. The van der Waals surface area contributed by atoms with Crippen molar-refractivity contribution < 1.29 is 8.83 Å². The largest absolute Gasteiger partial charge is 0.464 e. The summed E-state index contributed by atoms with van der Waals surface area (Å²) in [5, 5.41) is 2.33. The summed E-state index contributed by atoms with van der Waals surface area (Å²) in [6.45, 7) is 10.4. The van der Waals surface area contributed by atoms with E-state index in [1.165, 1.54) is 19.5 Å². The number of hydrogen-bond acceptors (Lipinski definition) is 4. The van der Waals surface area contributed by atoms with Gasteiger partial charge < -0.3 is 18.6 Å². The fraction of sp³-hybridized carbons (Fsp3) is 0.407. The quantitative estimate of drug-likeness (QED) is 0.340. The summed E-state index contributed by atoms with van der Waals surface area (Å²) in [6.07, 6.45) is 4.66. The number of hydrogen-bond donors (Lipinski definition) is 0. The Balaban J connectivity index is 0.000000403. The molecule has 4 nitrogen and oxygen atoms in total. The van der Waals surface area contributed by atoms with Gasteiger partial charge in [0, 0.05) is 10.8 Å². The maximum absolute atomic E-state index is 5.12. The zero-order valence-corrected chi connectivity index (χ0v) is 20.8. The first-order chi connectivity index (χ1) is 15.1. The van der Waals surface area contributed by atoms with Crippen LogP contribution in [0.1, 0.15) is 34.1 Å². The molecule has 2 heterocycles. The Morgan fingerprint density at radius 3 is 1.23 bits per heavy atom. The van der Waals surface area contributed by atoms with E-state index in [2.05, 4.69) is 38.0 Å². The summed E-state index contributed by atoms with van der Waals surface area (Å²) >= 11 is 0. The van der Waals surface area contributed by atoms with Crippen molar-refractivity contribution in [1.82, 2.24) is 9.80 Å². The molecular weight excluding hydrogens is 384 g/mol. The summed E-state index contributed by atoms with van der Waals surface area (Å²) in [5.41, 5.74) is 1.91. The summed E-state index contributed by atoms with van der Waals surface area (Å²) in [6, 6.07) is 19.8. The highest BCUT2D eigenvalue weighted by molar-refractivity contribution is 5.77. The average Bonchev–Trinajstić information content (AvgIpc) is 3.46. The third-order valence-electron chi connectivity index (χ3n) is 3.93. The molecule has 0 N–H and O–H groups in total. The summed E-state index contributed by atoms with van der Waals surface area (Å²) in [4.78, 5) is 4.42. The maximum atomic E-state index is 5.12. The molecule has 0 aliphatic carbocycles. The zero-order valence-electron chi connectivity index (χ0n) is 20.8. The van der Waals surface area contributed by atoms with Gasteiger partial charge in [-0.1, -0.05) is 64.1 Å². The predicted molar refractivity (Wildman–Crippen MR) is 137 cm³/mol. The molecule has 0 radical (unpaired) electrons. The fourth-order valence-electron chi connectivity index (χ4n) is 2.52. The SMILES string of the molecule is CC.CC.CN(C)CCCN(C)C.c1ccc2occc2c1.c1ccc2occc2c1. The first-order valence-corrected chi connectivity index (χ1v) is 11.2. The van der Waals surface area contributed by atoms with Crippen molar-refractivity contribution in [3.05, 3.63) is 73.2 Å². The lowest BCUT2D eigenvalue weighted by atomic mass is 10.3. The van der Waals surface area contributed by atoms with Gasteiger partial charge in [-0.2, -0.15) is 0 Å². The minimum absolute atomic E-state index is 0.956. The molecule has 0 saturated heterocycles. The van der Waals surface area contributed by atoms with Crippen LogP contribution in [-0.2, 0) is 0 Å². The Kier molecular flexibility index (Phi) is 16.7. The highest BCUT2D eigenvalue weighted by atomic mass is 16.3. The lowest BCUT2D eigenvalue weighted by Crippen LogP contribution is -2.20. The van der Waals surface area contributed by atoms with Crippen LogP contribution in [0.2, 0.25) is 0 Å². The van der Waals surface area contributed by atoms with Gasteiger partial charge in [0.25, 0.3) is 0 Å². The molecule has 0 unspecified atom stereocenters. The molecule has 2 aromatic carbocycles. The van der Waals surface area contributed by atoms with Crippen molar-refractivity contribution in [3.63, 3.8) is 0 Å². The van der Waals surface area contributed by atoms with E-state index in [4.69, 9.17) is 8.83 Å². The van der Waals surface area contributed by atoms with Crippen molar-refractivity contribution in [3.8, 4) is 0 Å². The second kappa shape index (κ2) is 18.2. The molecule has 4 rings (SSSR count). The van der Waals surface area contributed by atoms with Gasteiger partial charge in [0.15, 0.2) is 0 Å². The van der Waals surface area contributed by atoms with Crippen molar-refractivity contribution >= 4 is 21.9 Å². The number of furan rings is 2. The van der Waals surface area contributed by atoms with Crippen LogP contribution in [-0.4, -0.2) is 51.1 Å². The number of benzene rings is 2. The number of rotatable bonds is 4. The Bertz CT molecular complexity index is 760. The van der Waals surface area contributed by atoms with Crippen molar-refractivity contribution in [2.24, 2.45) is 0 Å². The van der Waals surface area contributed by atoms with Crippen LogP contribution in [0.4, 0.5) is 0 Å². The van der Waals surface area contributed by atoms with Crippen LogP contribution in [0.15, 0.2) is 82.0 Å². The van der Waals surface area contributed by atoms with E-state index < -0.39 is 0 Å². The maximum Gasteiger partial charge on any atom is 0.133 e. The van der Waals surface area contributed by atoms with E-state index in [-0.39, 0.29) is 0 Å². The lowest BCUT2D eigenvalue weighted by molar-refractivity contribution is 0.340. The van der Waals surface area contributed by atoms with Gasteiger partial charge in [-0.3, -0.25) is 0 Å². The smallest absolute Gasteiger partial charge is 0.133 e. The molecule has 4 aromatic rings. The van der Waals surface area contributed by atoms with Gasteiger partial charge in [-0.25, -0.2) is 0 Å². The van der Waals surface area contributed by atoms with E-state index in [1.807, 2.05) is 88.4 Å². The number of fused-ring (bicyclic) bond motifs is 2. The molecule has 4 heteroatoms. The van der Waals surface area contributed by atoms with E-state index in [0.29, 0.717) is 0 Å². The standard InChI is InChI=1S/2C8H6O.C7H18N2.2C2H6/c2*1-2-4-8-7(3-1)5-6-9-8;1-8(2)6-5-7-9(3)4;2*1-2/h2*1-6H;5-7H2,1-4H3;2*1-2H3. The topological polar surface area (TPSA) is 32.8 Å². The molecule has 0 spiro atoms. The molecule has 2 aromatic heterocycles. The highest BCUT2D eigenvalue weighted by Gasteiger charge is 1.91. The molecular formula is C27H42N2O2. The van der Waals surface area contributed by atoms with Crippen LogP contribution in [0.3, 0.4) is 0 Å². The van der Waals surface area contributed by atoms with E-state index in [1.54, 1.807) is 12.5 Å². The van der Waals surface area contributed by atoms with E-state index in [9.17, 15) is 0 Å². The Morgan fingerprint density at radius 1 is 0.548 bits per heavy atom. The average molecular weight is 427 g/mol. The van der Waals surface area contributed by atoms with Gasteiger partial charge >= 0.3 is 0 Å². The van der Waals surface area contributed by atoms with Gasteiger partial charge in [-0.05, 0) is 72.0 Å². The third kappa shape index (κ3) is 12.7. The molecule has 0 aliphatic heterocycles. The van der Waals surface area contributed by atoms with Crippen LogP contribution in [0.5, 0.6) is 0 Å². The summed E-state index contributed by atoms with van der Waals surface area (Å²) in [5.74, 6) is 0. The van der Waals surface area contributed by atoms with Gasteiger partial charge in [0.05, 0.1) is 12.5 Å². The Morgan fingerprint density at radius 2 is 0.903 bits per heavy atom. The van der Waals surface area contributed by atoms with Crippen molar-refractivity contribution in [2.75, 3.05) is 41.3 Å². The van der Waals surface area contributed by atoms with Gasteiger partial charge in [-0.15, -0.1) is 0 Å². The molecule has 0 saturated carbocycles. The third-order valence-corrected chi connectivity index (χ3v) is 3.93. The molecule has 0 fully saturated rings. The van der Waals surface area contributed by atoms with Crippen molar-refractivity contribution in [2.45, 2.75) is 34.1 Å². The first-order valence-electron chi connectivity index (χ1n) is 11.2. The second-order valence-corrected chi connectivity index (χ2v) is 6.88. The molecule has 31 heavy (non-hydrogen) atoms. The Labute approximate surface area is 189 Å². The molecule has 172 valence electrons. The summed E-state index contributed by atoms with van der Waals surface area (Å²) < 4.78 is 10.2. The van der Waals surface area contributed by atoms with Crippen molar-refractivity contribution in [1.29, 1.82) is 0 Å². The van der Waals surface area contributed by atoms with E-state index in [0.717, 1.165) is 21.9 Å². The molecule has 0 bridgehead atoms. The summed E-state index contributed by atoms with van der Waals surface area (Å²) in [7, 11) is 8.43.